The number of methoxy groups -OCH3 is 3. The number of carboxylic acids is 1. The average Bonchev–Trinajstić information content (AvgIpc) is 2.67. The first kappa shape index (κ1) is 19.9. The molecule has 0 fully saturated rings. The van der Waals surface area contributed by atoms with Crippen molar-refractivity contribution in [1.82, 2.24) is 0 Å². The molecule has 142 valence electrons. The summed E-state index contributed by atoms with van der Waals surface area (Å²) in [7, 11) is 4.23. The van der Waals surface area contributed by atoms with Crippen molar-refractivity contribution < 1.29 is 33.7 Å². The quantitative estimate of drug-likeness (QED) is 0.684. The van der Waals surface area contributed by atoms with Crippen LogP contribution in [0.2, 0.25) is 0 Å². The third-order valence-electron chi connectivity index (χ3n) is 3.73. The molecule has 8 nitrogen and oxygen atoms in total. The minimum absolute atomic E-state index is 0.0607. The van der Waals surface area contributed by atoms with Gasteiger partial charge < -0.3 is 24.6 Å². The molecule has 0 aromatic heterocycles. The number of amides is 1. The first-order valence-electron chi connectivity index (χ1n) is 7.84. The molecule has 2 rings (SSSR count). The van der Waals surface area contributed by atoms with Gasteiger partial charge in [-0.25, -0.2) is 4.79 Å². The van der Waals surface area contributed by atoms with Crippen LogP contribution in [0.1, 0.15) is 31.1 Å². The highest BCUT2D eigenvalue weighted by atomic mass is 16.5. The summed E-state index contributed by atoms with van der Waals surface area (Å²) in [6.45, 7) is -0.196. The van der Waals surface area contributed by atoms with Crippen molar-refractivity contribution in [3.05, 3.63) is 53.1 Å². The monoisotopic (exact) mass is 373 g/mol. The lowest BCUT2D eigenvalue weighted by molar-refractivity contribution is 0.0696. The van der Waals surface area contributed by atoms with E-state index < -0.39 is 11.9 Å². The van der Waals surface area contributed by atoms with Crippen molar-refractivity contribution in [3.8, 4) is 11.5 Å². The summed E-state index contributed by atoms with van der Waals surface area (Å²) in [6.07, 6.45) is 0. The molecule has 27 heavy (non-hydrogen) atoms. The number of nitrogens with one attached hydrogen (secondary N) is 1. The summed E-state index contributed by atoms with van der Waals surface area (Å²) in [5, 5.41) is 11.6. The number of Topliss-reactive ketones (excluding diaryl/α,β-unsaturated/α-hetero) is 1. The molecular formula is C19H19NO7. The van der Waals surface area contributed by atoms with Crippen LogP contribution < -0.4 is 14.8 Å². The van der Waals surface area contributed by atoms with Gasteiger partial charge in [0.15, 0.2) is 5.78 Å². The van der Waals surface area contributed by atoms with Crippen LogP contribution in [0.15, 0.2) is 36.4 Å². The molecule has 0 unspecified atom stereocenters. The molecule has 0 aliphatic rings. The summed E-state index contributed by atoms with van der Waals surface area (Å²) in [5.74, 6) is -1.38. The Morgan fingerprint density at radius 1 is 0.963 bits per heavy atom. The van der Waals surface area contributed by atoms with Crippen LogP contribution in [0, 0.1) is 0 Å². The molecule has 0 heterocycles. The SMILES string of the molecule is COCC(=O)c1c(NC(=O)c2ccc(C(=O)O)cc2)cc(OC)cc1OC. The van der Waals surface area contributed by atoms with Crippen LogP contribution in [0.3, 0.4) is 0 Å². The first-order chi connectivity index (χ1) is 12.9. The zero-order valence-electron chi connectivity index (χ0n) is 15.1. The third-order valence-corrected chi connectivity index (χ3v) is 3.73. The van der Waals surface area contributed by atoms with Gasteiger partial charge in [0, 0.05) is 24.8 Å². The summed E-state index contributed by atoms with van der Waals surface area (Å²) in [4.78, 5) is 35.9. The number of benzene rings is 2. The smallest absolute Gasteiger partial charge is 0.335 e. The highest BCUT2D eigenvalue weighted by Gasteiger charge is 2.21. The van der Waals surface area contributed by atoms with Crippen molar-refractivity contribution in [2.75, 3.05) is 33.3 Å². The molecule has 0 aliphatic heterocycles. The molecule has 0 spiro atoms. The second-order valence-corrected chi connectivity index (χ2v) is 5.45. The van der Waals surface area contributed by atoms with Crippen molar-refractivity contribution in [3.63, 3.8) is 0 Å². The van der Waals surface area contributed by atoms with E-state index in [4.69, 9.17) is 19.3 Å². The highest BCUT2D eigenvalue weighted by molar-refractivity contribution is 6.11. The van der Waals surface area contributed by atoms with Gasteiger partial charge in [0.25, 0.3) is 5.91 Å². The number of ether oxygens (including phenoxy) is 3. The average molecular weight is 373 g/mol. The molecule has 0 saturated heterocycles. The number of hydrogen-bond donors (Lipinski definition) is 2. The largest absolute Gasteiger partial charge is 0.497 e. The van der Waals surface area contributed by atoms with E-state index in [2.05, 4.69) is 5.32 Å². The number of ketones is 1. The van der Waals surface area contributed by atoms with Crippen LogP contribution in [-0.2, 0) is 4.74 Å². The van der Waals surface area contributed by atoms with Gasteiger partial charge in [-0.05, 0) is 24.3 Å². The van der Waals surface area contributed by atoms with Crippen LogP contribution in [0.25, 0.3) is 0 Å². The standard InChI is InChI=1S/C19H19NO7/c1-25-10-15(21)17-14(8-13(26-2)9-16(17)27-3)20-18(22)11-4-6-12(7-5-11)19(23)24/h4-9H,10H2,1-3H3,(H,20,22)(H,23,24). The minimum atomic E-state index is -1.09. The van der Waals surface area contributed by atoms with E-state index in [1.807, 2.05) is 0 Å². The molecular weight excluding hydrogens is 354 g/mol. The Morgan fingerprint density at radius 3 is 2.11 bits per heavy atom. The Hall–Kier alpha value is -3.39. The number of rotatable bonds is 8. The van der Waals surface area contributed by atoms with E-state index in [-0.39, 0.29) is 40.5 Å². The van der Waals surface area contributed by atoms with E-state index in [1.165, 1.54) is 57.7 Å². The molecule has 8 heteroatoms. The topological polar surface area (TPSA) is 111 Å². The van der Waals surface area contributed by atoms with Gasteiger partial charge in [0.05, 0.1) is 31.0 Å². The van der Waals surface area contributed by atoms with E-state index in [9.17, 15) is 14.4 Å². The van der Waals surface area contributed by atoms with E-state index >= 15 is 0 Å². The first-order valence-corrected chi connectivity index (χ1v) is 7.84. The fraction of sp³-hybridized carbons (Fsp3) is 0.211. The van der Waals surface area contributed by atoms with E-state index in [0.29, 0.717) is 5.75 Å². The van der Waals surface area contributed by atoms with Crippen molar-refractivity contribution in [1.29, 1.82) is 0 Å². The Labute approximate surface area is 155 Å². The van der Waals surface area contributed by atoms with Gasteiger partial charge in [-0.1, -0.05) is 0 Å². The normalized spacial score (nSPS) is 10.2. The number of hydrogen-bond acceptors (Lipinski definition) is 6. The predicted octanol–water partition coefficient (Wildman–Crippen LogP) is 2.48. The Morgan fingerprint density at radius 2 is 1.59 bits per heavy atom. The molecule has 0 saturated carbocycles. The zero-order chi connectivity index (χ0) is 20.0. The predicted molar refractivity (Wildman–Crippen MR) is 97.1 cm³/mol. The van der Waals surface area contributed by atoms with Crippen LogP contribution >= 0.6 is 0 Å². The maximum Gasteiger partial charge on any atom is 0.335 e. The lowest BCUT2D eigenvalue weighted by Gasteiger charge is -2.16. The highest BCUT2D eigenvalue weighted by Crippen LogP contribution is 2.33. The molecule has 2 N–H and O–H groups in total. The van der Waals surface area contributed by atoms with Gasteiger partial charge in [-0.3, -0.25) is 9.59 Å². The second kappa shape index (κ2) is 8.81. The molecule has 1 amide bonds. The number of carbonyl (C=O) groups excluding carboxylic acids is 2. The Balaban J connectivity index is 2.41. The second-order valence-electron chi connectivity index (χ2n) is 5.45. The fourth-order valence-electron chi connectivity index (χ4n) is 2.42. The number of carboxylic acid groups (broad SMARTS) is 1. The number of aromatic carboxylic acids is 1. The lowest BCUT2D eigenvalue weighted by atomic mass is 10.1. The van der Waals surface area contributed by atoms with Gasteiger partial charge in [-0.2, -0.15) is 0 Å². The van der Waals surface area contributed by atoms with Crippen molar-refractivity contribution >= 4 is 23.3 Å². The van der Waals surface area contributed by atoms with Gasteiger partial charge in [0.2, 0.25) is 0 Å². The van der Waals surface area contributed by atoms with Crippen LogP contribution in [0.4, 0.5) is 5.69 Å². The Bertz CT molecular complexity index is 859. The zero-order valence-corrected chi connectivity index (χ0v) is 15.1. The lowest BCUT2D eigenvalue weighted by Crippen LogP contribution is -2.17. The summed E-state index contributed by atoms with van der Waals surface area (Å²) < 4.78 is 15.3. The summed E-state index contributed by atoms with van der Waals surface area (Å²) in [6, 6.07) is 8.43. The van der Waals surface area contributed by atoms with Gasteiger partial charge in [-0.15, -0.1) is 0 Å². The van der Waals surface area contributed by atoms with Crippen molar-refractivity contribution in [2.45, 2.75) is 0 Å². The fourth-order valence-corrected chi connectivity index (χ4v) is 2.42. The molecule has 2 aromatic rings. The molecule has 0 radical (unpaired) electrons. The maximum atomic E-state index is 12.5. The molecule has 0 atom stereocenters. The number of carbonyl (C=O) groups is 3. The van der Waals surface area contributed by atoms with Crippen molar-refractivity contribution in [2.24, 2.45) is 0 Å². The number of anilines is 1. The molecule has 2 aromatic carbocycles. The Kier molecular flexibility index (Phi) is 6.51. The van der Waals surface area contributed by atoms with Gasteiger partial charge in [0.1, 0.15) is 18.1 Å². The maximum absolute atomic E-state index is 12.5. The summed E-state index contributed by atoms with van der Waals surface area (Å²) >= 11 is 0. The van der Waals surface area contributed by atoms with Crippen LogP contribution in [0.5, 0.6) is 11.5 Å². The van der Waals surface area contributed by atoms with E-state index in [0.717, 1.165) is 0 Å². The summed E-state index contributed by atoms with van der Waals surface area (Å²) in [5.41, 5.74) is 0.633. The molecule has 0 aliphatic carbocycles. The van der Waals surface area contributed by atoms with E-state index in [1.54, 1.807) is 0 Å². The minimum Gasteiger partial charge on any atom is -0.497 e. The van der Waals surface area contributed by atoms with Gasteiger partial charge >= 0.3 is 5.97 Å². The van der Waals surface area contributed by atoms with Crippen LogP contribution in [-0.4, -0.2) is 50.7 Å². The molecule has 0 bridgehead atoms. The third kappa shape index (κ3) is 4.62.